The highest BCUT2D eigenvalue weighted by Crippen LogP contribution is 2.21. The second-order valence-electron chi connectivity index (χ2n) is 4.99. The molecule has 2 aromatic rings. The fourth-order valence-electron chi connectivity index (χ4n) is 2.15. The number of amides is 1. The molecule has 0 fully saturated rings. The molecule has 0 aliphatic heterocycles. The molecule has 1 aromatic carbocycles. The smallest absolute Gasteiger partial charge is 0.274 e. The van der Waals surface area contributed by atoms with Gasteiger partial charge in [-0.15, -0.1) is 0 Å². The van der Waals surface area contributed by atoms with Gasteiger partial charge in [0.05, 0.1) is 31.3 Å². The standard InChI is InChI=1S/C17H20N2O4/c1-11(18-19-17(20)15-7-8-23-12(15)2)13-5-6-16(22-4)14(9-13)10-21-3/h5-9H,10H2,1-4H3,(H,19,20)/b18-11-. The van der Waals surface area contributed by atoms with Gasteiger partial charge in [-0.3, -0.25) is 4.79 Å². The van der Waals surface area contributed by atoms with Crippen LogP contribution in [0.3, 0.4) is 0 Å². The fourth-order valence-corrected chi connectivity index (χ4v) is 2.15. The van der Waals surface area contributed by atoms with Crippen LogP contribution in [0.5, 0.6) is 5.75 Å². The summed E-state index contributed by atoms with van der Waals surface area (Å²) in [5.74, 6) is 1.00. The van der Waals surface area contributed by atoms with Crippen LogP contribution in [0.25, 0.3) is 0 Å². The summed E-state index contributed by atoms with van der Waals surface area (Å²) in [7, 11) is 3.24. The molecule has 6 nitrogen and oxygen atoms in total. The zero-order chi connectivity index (χ0) is 16.8. The van der Waals surface area contributed by atoms with Crippen LogP contribution < -0.4 is 10.2 Å². The number of nitrogens with one attached hydrogen (secondary N) is 1. The van der Waals surface area contributed by atoms with Gasteiger partial charge in [0.25, 0.3) is 5.91 Å². The van der Waals surface area contributed by atoms with Crippen molar-refractivity contribution in [3.63, 3.8) is 0 Å². The van der Waals surface area contributed by atoms with Crippen LogP contribution in [0.4, 0.5) is 0 Å². The maximum atomic E-state index is 12.0. The van der Waals surface area contributed by atoms with Crippen LogP contribution in [0.15, 0.2) is 40.0 Å². The van der Waals surface area contributed by atoms with Crippen LogP contribution in [0, 0.1) is 6.92 Å². The predicted molar refractivity (Wildman–Crippen MR) is 86.8 cm³/mol. The van der Waals surface area contributed by atoms with E-state index in [1.165, 1.54) is 6.26 Å². The van der Waals surface area contributed by atoms with Gasteiger partial charge in [-0.1, -0.05) is 0 Å². The summed E-state index contributed by atoms with van der Waals surface area (Å²) in [6.45, 7) is 3.98. The Labute approximate surface area is 135 Å². The van der Waals surface area contributed by atoms with Gasteiger partial charge >= 0.3 is 0 Å². The number of furan rings is 1. The summed E-state index contributed by atoms with van der Waals surface area (Å²) >= 11 is 0. The largest absolute Gasteiger partial charge is 0.496 e. The van der Waals surface area contributed by atoms with Crippen molar-refractivity contribution in [1.29, 1.82) is 0 Å². The van der Waals surface area contributed by atoms with Crippen LogP contribution in [0.2, 0.25) is 0 Å². The minimum Gasteiger partial charge on any atom is -0.496 e. The van der Waals surface area contributed by atoms with Crippen LogP contribution in [-0.4, -0.2) is 25.8 Å². The molecule has 0 aliphatic rings. The number of aryl methyl sites for hydroxylation is 1. The molecular formula is C17H20N2O4. The Balaban J connectivity index is 2.16. The number of rotatable bonds is 6. The summed E-state index contributed by atoms with van der Waals surface area (Å²) in [4.78, 5) is 12.0. The predicted octanol–water partition coefficient (Wildman–Crippen LogP) is 2.90. The number of nitrogens with zero attached hydrogens (tertiary/aromatic N) is 1. The summed E-state index contributed by atoms with van der Waals surface area (Å²) in [6.07, 6.45) is 1.47. The average Bonchev–Trinajstić information content (AvgIpc) is 2.98. The summed E-state index contributed by atoms with van der Waals surface area (Å²) in [5.41, 5.74) is 5.47. The van der Waals surface area contributed by atoms with Gasteiger partial charge in [0, 0.05) is 12.7 Å². The van der Waals surface area contributed by atoms with Crippen molar-refractivity contribution in [2.45, 2.75) is 20.5 Å². The maximum absolute atomic E-state index is 12.0. The lowest BCUT2D eigenvalue weighted by Gasteiger charge is -2.10. The van der Waals surface area contributed by atoms with Gasteiger partial charge in [-0.25, -0.2) is 5.43 Å². The number of carbonyl (C=O) groups is 1. The van der Waals surface area contributed by atoms with Gasteiger partial charge in [0.1, 0.15) is 11.5 Å². The molecule has 1 N–H and O–H groups in total. The number of ether oxygens (including phenoxy) is 2. The van der Waals surface area contributed by atoms with Gasteiger partial charge in [0.15, 0.2) is 0 Å². The molecule has 23 heavy (non-hydrogen) atoms. The number of hydrazone groups is 1. The van der Waals surface area contributed by atoms with Crippen molar-refractivity contribution in [3.8, 4) is 5.75 Å². The Morgan fingerprint density at radius 3 is 2.70 bits per heavy atom. The highest BCUT2D eigenvalue weighted by Gasteiger charge is 2.11. The molecule has 0 radical (unpaired) electrons. The number of benzene rings is 1. The Kier molecular flexibility index (Phi) is 5.54. The SMILES string of the molecule is COCc1cc(/C(C)=N\NC(=O)c2ccoc2C)ccc1OC. The van der Waals surface area contributed by atoms with Crippen molar-refractivity contribution in [2.75, 3.05) is 14.2 Å². The first-order valence-corrected chi connectivity index (χ1v) is 7.11. The highest BCUT2D eigenvalue weighted by molar-refractivity contribution is 6.01. The molecule has 0 spiro atoms. The molecule has 0 atom stereocenters. The molecule has 122 valence electrons. The molecule has 0 bridgehead atoms. The Morgan fingerprint density at radius 2 is 2.09 bits per heavy atom. The molecule has 0 aliphatic carbocycles. The molecule has 1 amide bonds. The Bertz CT molecular complexity index is 719. The van der Waals surface area contributed by atoms with E-state index < -0.39 is 0 Å². The summed E-state index contributed by atoms with van der Waals surface area (Å²) in [6, 6.07) is 7.27. The third-order valence-corrected chi connectivity index (χ3v) is 3.43. The number of hydrogen-bond donors (Lipinski definition) is 1. The molecule has 2 rings (SSSR count). The Morgan fingerprint density at radius 1 is 1.30 bits per heavy atom. The number of methoxy groups -OCH3 is 2. The van der Waals surface area contributed by atoms with E-state index in [1.807, 2.05) is 25.1 Å². The molecule has 6 heteroatoms. The van der Waals surface area contributed by atoms with E-state index in [0.29, 0.717) is 23.6 Å². The van der Waals surface area contributed by atoms with Crippen molar-refractivity contribution < 1.29 is 18.7 Å². The molecule has 1 aromatic heterocycles. The number of carbonyl (C=O) groups excluding carboxylic acids is 1. The minimum atomic E-state index is -0.304. The van der Waals surface area contributed by atoms with Gasteiger partial charge < -0.3 is 13.9 Å². The lowest BCUT2D eigenvalue weighted by Crippen LogP contribution is -2.19. The van der Waals surface area contributed by atoms with Crippen LogP contribution in [-0.2, 0) is 11.3 Å². The topological polar surface area (TPSA) is 73.1 Å². The minimum absolute atomic E-state index is 0.304. The van der Waals surface area contributed by atoms with Crippen molar-refractivity contribution in [2.24, 2.45) is 5.10 Å². The van der Waals surface area contributed by atoms with E-state index in [4.69, 9.17) is 13.9 Å². The second-order valence-corrected chi connectivity index (χ2v) is 4.99. The van der Waals surface area contributed by atoms with Crippen molar-refractivity contribution in [3.05, 3.63) is 53.0 Å². The monoisotopic (exact) mass is 316 g/mol. The molecular weight excluding hydrogens is 296 g/mol. The normalized spacial score (nSPS) is 11.4. The van der Waals surface area contributed by atoms with E-state index in [0.717, 1.165) is 16.9 Å². The molecule has 0 saturated heterocycles. The average molecular weight is 316 g/mol. The lowest BCUT2D eigenvalue weighted by molar-refractivity contribution is 0.0953. The van der Waals surface area contributed by atoms with Crippen LogP contribution in [0.1, 0.15) is 34.2 Å². The first-order chi connectivity index (χ1) is 11.1. The van der Waals surface area contributed by atoms with Crippen molar-refractivity contribution in [1.82, 2.24) is 5.43 Å². The first-order valence-electron chi connectivity index (χ1n) is 7.11. The molecule has 0 saturated carbocycles. The fraction of sp³-hybridized carbons (Fsp3) is 0.294. The van der Waals surface area contributed by atoms with E-state index in [2.05, 4.69) is 10.5 Å². The zero-order valence-corrected chi connectivity index (χ0v) is 13.7. The zero-order valence-electron chi connectivity index (χ0n) is 13.7. The quantitative estimate of drug-likeness (QED) is 0.657. The van der Waals surface area contributed by atoms with E-state index in [9.17, 15) is 4.79 Å². The van der Waals surface area contributed by atoms with Crippen molar-refractivity contribution >= 4 is 11.6 Å². The maximum Gasteiger partial charge on any atom is 0.274 e. The van der Waals surface area contributed by atoms with Gasteiger partial charge in [-0.2, -0.15) is 5.10 Å². The first kappa shape index (κ1) is 16.8. The molecule has 1 heterocycles. The second kappa shape index (κ2) is 7.60. The highest BCUT2D eigenvalue weighted by atomic mass is 16.5. The summed E-state index contributed by atoms with van der Waals surface area (Å²) in [5, 5.41) is 4.14. The lowest BCUT2D eigenvalue weighted by atomic mass is 10.1. The Hall–Kier alpha value is -2.60. The van der Waals surface area contributed by atoms with E-state index in [-0.39, 0.29) is 5.91 Å². The third-order valence-electron chi connectivity index (χ3n) is 3.43. The van der Waals surface area contributed by atoms with Crippen LogP contribution >= 0.6 is 0 Å². The van der Waals surface area contributed by atoms with Gasteiger partial charge in [-0.05, 0) is 43.7 Å². The third kappa shape index (κ3) is 3.98. The van der Waals surface area contributed by atoms with E-state index >= 15 is 0 Å². The van der Waals surface area contributed by atoms with Gasteiger partial charge in [0.2, 0.25) is 0 Å². The summed E-state index contributed by atoms with van der Waals surface area (Å²) < 4.78 is 15.6. The molecule has 0 unspecified atom stereocenters. The van der Waals surface area contributed by atoms with E-state index in [1.54, 1.807) is 27.2 Å². The number of hydrogen-bond acceptors (Lipinski definition) is 5.